The molecule has 0 unspecified atom stereocenters. The Hall–Kier alpha value is -4.25. The van der Waals surface area contributed by atoms with E-state index in [0.29, 0.717) is 47.7 Å². The highest BCUT2D eigenvalue weighted by Gasteiger charge is 2.30. The van der Waals surface area contributed by atoms with Crippen LogP contribution >= 0.6 is 11.6 Å². The van der Waals surface area contributed by atoms with Gasteiger partial charge in [-0.15, -0.1) is 5.11 Å². The maximum Gasteiger partial charge on any atom is 0.251 e. The Morgan fingerprint density at radius 2 is 1.61 bits per heavy atom. The first kappa shape index (κ1) is 36.5. The van der Waals surface area contributed by atoms with Gasteiger partial charge in [0.05, 0.1) is 5.02 Å². The number of nitrogens with two attached hydrogens (primary N) is 1. The average molecular weight is 710 g/mol. The number of carbonyl (C=O) groups is 3. The van der Waals surface area contributed by atoms with Crippen LogP contribution in [0.5, 0.6) is 0 Å². The van der Waals surface area contributed by atoms with Crippen molar-refractivity contribution in [2.24, 2.45) is 38.7 Å². The fourth-order valence-electron chi connectivity index (χ4n) is 7.39. The lowest BCUT2D eigenvalue weighted by molar-refractivity contribution is -0.129. The number of anilines is 1. The minimum absolute atomic E-state index is 0.0362. The molecule has 3 aliphatic rings. The number of likely N-dealkylation sites (tertiary alicyclic amines) is 1. The van der Waals surface area contributed by atoms with E-state index in [1.54, 1.807) is 0 Å². The van der Waals surface area contributed by atoms with Gasteiger partial charge in [0.25, 0.3) is 5.91 Å². The van der Waals surface area contributed by atoms with E-state index in [9.17, 15) is 14.4 Å². The second-order valence-electron chi connectivity index (χ2n) is 14.3. The van der Waals surface area contributed by atoms with Gasteiger partial charge in [-0.05, 0) is 131 Å². The molecule has 0 aromatic heterocycles. The van der Waals surface area contributed by atoms with Crippen molar-refractivity contribution in [3.8, 4) is 11.1 Å². The van der Waals surface area contributed by atoms with E-state index < -0.39 is 5.92 Å². The summed E-state index contributed by atoms with van der Waals surface area (Å²) in [6, 6.07) is 19.2. The van der Waals surface area contributed by atoms with Crippen molar-refractivity contribution in [2.75, 3.05) is 38.7 Å². The van der Waals surface area contributed by atoms with Crippen LogP contribution in [-0.2, 0) is 16.0 Å². The number of piperidine rings is 1. The highest BCUT2D eigenvalue weighted by molar-refractivity contribution is 6.34. The van der Waals surface area contributed by atoms with Crippen LogP contribution < -0.4 is 16.4 Å². The quantitative estimate of drug-likeness (QED) is 0.189. The number of azo groups is 1. The second kappa shape index (κ2) is 16.8. The average Bonchev–Trinajstić information content (AvgIpc) is 3.69. The first-order chi connectivity index (χ1) is 24.7. The van der Waals surface area contributed by atoms with E-state index >= 15 is 0 Å². The van der Waals surface area contributed by atoms with Crippen molar-refractivity contribution in [3.63, 3.8) is 0 Å². The van der Waals surface area contributed by atoms with Crippen molar-refractivity contribution < 1.29 is 14.4 Å². The van der Waals surface area contributed by atoms with E-state index in [1.165, 1.54) is 0 Å². The third-order valence-corrected chi connectivity index (χ3v) is 11.2. The first-order valence-corrected chi connectivity index (χ1v) is 18.5. The topological polar surface area (TPSA) is 142 Å². The number of hydrogen-bond donors (Lipinski definition) is 3. The monoisotopic (exact) mass is 709 g/mol. The minimum atomic E-state index is -0.545. The Kier molecular flexibility index (Phi) is 12.1. The van der Waals surface area contributed by atoms with Crippen LogP contribution in [0, 0.1) is 24.7 Å². The van der Waals surface area contributed by atoms with Crippen molar-refractivity contribution in [3.05, 3.63) is 87.9 Å². The summed E-state index contributed by atoms with van der Waals surface area (Å²) in [5.41, 5.74) is 11.4. The summed E-state index contributed by atoms with van der Waals surface area (Å²) in [4.78, 5) is 47.0. The largest absolute Gasteiger partial charge is 0.349 e. The van der Waals surface area contributed by atoms with E-state index in [-0.39, 0.29) is 36.0 Å². The smallest absolute Gasteiger partial charge is 0.251 e. The fraction of sp³-hybridized carbons (Fsp3) is 0.450. The van der Waals surface area contributed by atoms with Gasteiger partial charge in [-0.25, -0.2) is 4.99 Å². The Morgan fingerprint density at radius 3 is 2.25 bits per heavy atom. The van der Waals surface area contributed by atoms with Crippen LogP contribution in [0.2, 0.25) is 5.02 Å². The normalized spacial score (nSPS) is 20.1. The van der Waals surface area contributed by atoms with Crippen molar-refractivity contribution >= 4 is 40.7 Å². The molecule has 268 valence electrons. The molecular formula is C40H48ClN7O3. The number of nitrogens with one attached hydrogen (secondary N) is 2. The second-order valence-corrected chi connectivity index (χ2v) is 14.7. The molecule has 2 aliphatic heterocycles. The van der Waals surface area contributed by atoms with Gasteiger partial charge in [0.2, 0.25) is 5.91 Å². The zero-order valence-electron chi connectivity index (χ0n) is 29.5. The van der Waals surface area contributed by atoms with Gasteiger partial charge in [0.15, 0.2) is 12.5 Å². The minimum Gasteiger partial charge on any atom is -0.349 e. The zero-order valence-corrected chi connectivity index (χ0v) is 30.3. The SMILES string of the molecule is Cc1c(C(=O)NC2CCN(C)CC2)ccc(-c2ccc(C[C@H](CC(=O)C3CCC(CN)CC3)C(=O)Nc3ccc(C4=NCN=N4)cc3)cc2)c1Cl. The molecule has 1 saturated heterocycles. The van der Waals surface area contributed by atoms with Gasteiger partial charge < -0.3 is 21.3 Å². The highest BCUT2D eigenvalue weighted by atomic mass is 35.5. The third kappa shape index (κ3) is 9.16. The summed E-state index contributed by atoms with van der Waals surface area (Å²) in [6.07, 6.45) is 6.01. The number of aliphatic imine (C=N–C) groups is 1. The van der Waals surface area contributed by atoms with Gasteiger partial charge in [0, 0.05) is 46.7 Å². The lowest BCUT2D eigenvalue weighted by Crippen LogP contribution is -2.43. The molecule has 1 atom stereocenters. The van der Waals surface area contributed by atoms with Crippen molar-refractivity contribution in [1.29, 1.82) is 0 Å². The van der Waals surface area contributed by atoms with Crippen LogP contribution in [0.4, 0.5) is 5.69 Å². The number of rotatable bonds is 12. The highest BCUT2D eigenvalue weighted by Crippen LogP contribution is 2.34. The number of carbonyl (C=O) groups excluding carboxylic acids is 3. The third-order valence-electron chi connectivity index (χ3n) is 10.7. The van der Waals surface area contributed by atoms with Gasteiger partial charge in [-0.2, -0.15) is 5.11 Å². The summed E-state index contributed by atoms with van der Waals surface area (Å²) in [5.74, 6) is 0.321. The van der Waals surface area contributed by atoms with Gasteiger partial charge in [0.1, 0.15) is 5.78 Å². The van der Waals surface area contributed by atoms with Gasteiger partial charge in [-0.1, -0.05) is 41.9 Å². The summed E-state index contributed by atoms with van der Waals surface area (Å²) in [5, 5.41) is 14.7. The lowest BCUT2D eigenvalue weighted by Gasteiger charge is -2.29. The standard InChI is InChI=1S/C40H48ClN7O3/c1-25-34(40(51)46-33-17-19-48(2)20-18-33)15-16-35(37(25)41)28-7-3-26(4-8-28)21-31(22-36(49)29-9-5-27(23-42)6-10-29)39(50)45-32-13-11-30(12-14-32)38-43-24-44-47-38/h3-4,7-8,11-16,27,29,31,33H,5-6,9-10,17-24,42H2,1-2H3,(H,45,50)(H,46,51)/t27?,29?,31-/m1/s1. The molecule has 0 bridgehead atoms. The summed E-state index contributed by atoms with van der Waals surface area (Å²) in [6.45, 7) is 4.80. The molecular weight excluding hydrogens is 662 g/mol. The first-order valence-electron chi connectivity index (χ1n) is 18.1. The number of halogens is 1. The maximum absolute atomic E-state index is 13.8. The van der Waals surface area contributed by atoms with E-state index in [2.05, 4.69) is 37.8 Å². The molecule has 6 rings (SSSR count). The van der Waals surface area contributed by atoms with Crippen LogP contribution in [0.25, 0.3) is 11.1 Å². The lowest BCUT2D eigenvalue weighted by atomic mass is 9.77. The van der Waals surface area contributed by atoms with Gasteiger partial charge in [-0.3, -0.25) is 14.4 Å². The summed E-state index contributed by atoms with van der Waals surface area (Å²) in [7, 11) is 2.10. The number of benzene rings is 3. The Bertz CT molecular complexity index is 1770. The number of ketones is 1. The Labute approximate surface area is 305 Å². The Balaban J connectivity index is 1.15. The Morgan fingerprint density at radius 1 is 0.922 bits per heavy atom. The zero-order chi connectivity index (χ0) is 35.9. The molecule has 0 spiro atoms. The molecule has 51 heavy (non-hydrogen) atoms. The molecule has 11 heteroatoms. The molecule has 3 aromatic carbocycles. The van der Waals surface area contributed by atoms with Gasteiger partial charge >= 0.3 is 0 Å². The van der Waals surface area contributed by atoms with Crippen LogP contribution in [-0.4, -0.2) is 67.7 Å². The molecule has 2 heterocycles. The van der Waals surface area contributed by atoms with Crippen LogP contribution in [0.3, 0.4) is 0 Å². The molecule has 1 saturated carbocycles. The molecule has 1 aliphatic carbocycles. The number of amides is 2. The number of amidine groups is 1. The molecule has 2 amide bonds. The summed E-state index contributed by atoms with van der Waals surface area (Å²) < 4.78 is 0. The predicted molar refractivity (Wildman–Crippen MR) is 202 cm³/mol. The molecule has 0 radical (unpaired) electrons. The summed E-state index contributed by atoms with van der Waals surface area (Å²) >= 11 is 6.88. The van der Waals surface area contributed by atoms with Crippen LogP contribution in [0.1, 0.15) is 72.0 Å². The molecule has 2 fully saturated rings. The van der Waals surface area contributed by atoms with E-state index in [4.69, 9.17) is 17.3 Å². The number of nitrogens with zero attached hydrogens (tertiary/aromatic N) is 4. The predicted octanol–water partition coefficient (Wildman–Crippen LogP) is 6.83. The molecule has 3 aromatic rings. The molecule has 4 N–H and O–H groups in total. The van der Waals surface area contributed by atoms with Crippen LogP contribution in [0.15, 0.2) is 75.9 Å². The number of Topliss-reactive ketones (excluding diaryl/α,β-unsaturated/α-hetero) is 1. The maximum atomic E-state index is 13.8. The van der Waals surface area contributed by atoms with Crippen molar-refractivity contribution in [2.45, 2.75) is 64.3 Å². The molecule has 10 nitrogen and oxygen atoms in total. The van der Waals surface area contributed by atoms with E-state index in [1.807, 2.05) is 67.6 Å². The van der Waals surface area contributed by atoms with Crippen molar-refractivity contribution in [1.82, 2.24) is 10.2 Å². The fourth-order valence-corrected chi connectivity index (χ4v) is 7.66. The van der Waals surface area contributed by atoms with E-state index in [0.717, 1.165) is 79.4 Å². The number of hydrogen-bond acceptors (Lipinski definition) is 8.